The molecule has 1 saturated heterocycles. The molecule has 1 aromatic heterocycles. The lowest BCUT2D eigenvalue weighted by Crippen LogP contribution is -2.29. The second-order valence-electron chi connectivity index (χ2n) is 7.07. The minimum absolute atomic E-state index is 0.0228. The molecule has 3 aromatic rings. The Hall–Kier alpha value is -3.64. The summed E-state index contributed by atoms with van der Waals surface area (Å²) in [5, 5.41) is 11.6. The van der Waals surface area contributed by atoms with E-state index in [0.717, 1.165) is 5.56 Å². The fourth-order valence-corrected chi connectivity index (χ4v) is 3.77. The number of aliphatic hydroxyl groups is 1. The maximum atomic E-state index is 13.0. The monoisotopic (exact) mass is 434 g/mol. The number of aliphatic hydroxyl groups excluding tert-OH is 1. The van der Waals surface area contributed by atoms with E-state index in [4.69, 9.17) is 16.3 Å². The summed E-state index contributed by atoms with van der Waals surface area (Å²) in [5.74, 6) is -1.15. The van der Waals surface area contributed by atoms with Crippen molar-refractivity contribution in [3.8, 4) is 5.75 Å². The normalized spacial score (nSPS) is 17.7. The molecule has 156 valence electrons. The van der Waals surface area contributed by atoms with E-state index in [0.29, 0.717) is 21.9 Å². The Morgan fingerprint density at radius 3 is 2.48 bits per heavy atom. The van der Waals surface area contributed by atoms with Crippen LogP contribution in [0, 0.1) is 0 Å². The Morgan fingerprint density at radius 1 is 1.10 bits per heavy atom. The van der Waals surface area contributed by atoms with Gasteiger partial charge in [0.2, 0.25) is 0 Å². The molecule has 31 heavy (non-hydrogen) atoms. The van der Waals surface area contributed by atoms with Gasteiger partial charge in [0.25, 0.3) is 11.7 Å². The van der Waals surface area contributed by atoms with Crippen molar-refractivity contribution in [2.75, 3.05) is 7.11 Å². The first-order chi connectivity index (χ1) is 15.0. The average molecular weight is 435 g/mol. The fourth-order valence-electron chi connectivity index (χ4n) is 3.65. The van der Waals surface area contributed by atoms with E-state index in [2.05, 4.69) is 4.98 Å². The van der Waals surface area contributed by atoms with Crippen molar-refractivity contribution >= 4 is 29.1 Å². The molecule has 7 heteroatoms. The van der Waals surface area contributed by atoms with Gasteiger partial charge >= 0.3 is 0 Å². The number of halogens is 1. The SMILES string of the molecule is COc1cccc(/C(O)=C2\C(=O)C(=O)N(Cc3ccncc3)C2c2ccc(Cl)cc2)c1. The van der Waals surface area contributed by atoms with Gasteiger partial charge in [-0.05, 0) is 47.5 Å². The zero-order valence-corrected chi connectivity index (χ0v) is 17.4. The van der Waals surface area contributed by atoms with Gasteiger partial charge in [-0.25, -0.2) is 0 Å². The maximum absolute atomic E-state index is 13.0. The minimum Gasteiger partial charge on any atom is -0.507 e. The van der Waals surface area contributed by atoms with Crippen LogP contribution in [0.1, 0.15) is 22.7 Å². The van der Waals surface area contributed by atoms with Crippen LogP contribution >= 0.6 is 11.6 Å². The number of hydrogen-bond donors (Lipinski definition) is 1. The van der Waals surface area contributed by atoms with Crippen LogP contribution in [0.25, 0.3) is 5.76 Å². The van der Waals surface area contributed by atoms with Gasteiger partial charge in [-0.2, -0.15) is 0 Å². The molecule has 0 bridgehead atoms. The highest BCUT2D eigenvalue weighted by atomic mass is 35.5. The first-order valence-electron chi connectivity index (χ1n) is 9.57. The van der Waals surface area contributed by atoms with Crippen molar-refractivity contribution in [3.63, 3.8) is 0 Å². The highest BCUT2D eigenvalue weighted by molar-refractivity contribution is 6.46. The molecule has 2 aromatic carbocycles. The topological polar surface area (TPSA) is 79.7 Å². The highest BCUT2D eigenvalue weighted by Crippen LogP contribution is 2.40. The molecule has 1 atom stereocenters. The third kappa shape index (κ3) is 4.02. The second kappa shape index (κ2) is 8.62. The molecule has 1 unspecified atom stereocenters. The van der Waals surface area contributed by atoms with Gasteiger partial charge < -0.3 is 14.7 Å². The number of carbonyl (C=O) groups excluding carboxylic acids is 2. The average Bonchev–Trinajstić information content (AvgIpc) is 3.05. The lowest BCUT2D eigenvalue weighted by molar-refractivity contribution is -0.140. The molecule has 0 aliphatic carbocycles. The van der Waals surface area contributed by atoms with Gasteiger partial charge in [0.1, 0.15) is 11.5 Å². The van der Waals surface area contributed by atoms with Gasteiger partial charge in [-0.1, -0.05) is 35.9 Å². The van der Waals surface area contributed by atoms with Crippen LogP contribution in [-0.4, -0.2) is 33.8 Å². The quantitative estimate of drug-likeness (QED) is 0.366. The van der Waals surface area contributed by atoms with Gasteiger partial charge in [0.15, 0.2) is 0 Å². The highest BCUT2D eigenvalue weighted by Gasteiger charge is 2.46. The van der Waals surface area contributed by atoms with Crippen LogP contribution in [0.3, 0.4) is 0 Å². The number of ether oxygens (including phenoxy) is 1. The summed E-state index contributed by atoms with van der Waals surface area (Å²) in [5.41, 5.74) is 1.90. The van der Waals surface area contributed by atoms with E-state index in [-0.39, 0.29) is 17.9 Å². The van der Waals surface area contributed by atoms with Crippen LogP contribution in [0.15, 0.2) is 78.6 Å². The predicted octanol–water partition coefficient (Wildman–Crippen LogP) is 4.37. The number of methoxy groups -OCH3 is 1. The lowest BCUT2D eigenvalue weighted by atomic mass is 9.95. The van der Waals surface area contributed by atoms with Gasteiger partial charge in [-0.15, -0.1) is 0 Å². The number of nitrogens with zero attached hydrogens (tertiary/aromatic N) is 2. The Morgan fingerprint density at radius 2 is 1.81 bits per heavy atom. The molecular weight excluding hydrogens is 416 g/mol. The number of carbonyl (C=O) groups is 2. The Kier molecular flexibility index (Phi) is 5.73. The summed E-state index contributed by atoms with van der Waals surface area (Å²) in [6.07, 6.45) is 3.25. The zero-order valence-electron chi connectivity index (χ0n) is 16.7. The summed E-state index contributed by atoms with van der Waals surface area (Å²) >= 11 is 6.04. The van der Waals surface area contributed by atoms with Crippen molar-refractivity contribution < 1.29 is 19.4 Å². The smallest absolute Gasteiger partial charge is 0.295 e. The largest absolute Gasteiger partial charge is 0.507 e. The molecule has 1 N–H and O–H groups in total. The summed E-state index contributed by atoms with van der Waals surface area (Å²) in [4.78, 5) is 31.5. The number of hydrogen-bond acceptors (Lipinski definition) is 5. The molecule has 2 heterocycles. The van der Waals surface area contributed by atoms with E-state index < -0.39 is 17.7 Å². The summed E-state index contributed by atoms with van der Waals surface area (Å²) in [7, 11) is 1.51. The standard InChI is InChI=1S/C24H19ClN2O4/c1-31-19-4-2-3-17(13-19)22(28)20-21(16-5-7-18(25)8-6-16)27(24(30)23(20)29)14-15-9-11-26-12-10-15/h2-13,21,28H,14H2,1H3/b22-20+. The fraction of sp³-hybridized carbons (Fsp3) is 0.125. The molecule has 0 saturated carbocycles. The summed E-state index contributed by atoms with van der Waals surface area (Å²) in [6, 6.07) is 16.4. The minimum atomic E-state index is -0.767. The third-order valence-electron chi connectivity index (χ3n) is 5.17. The summed E-state index contributed by atoms with van der Waals surface area (Å²) < 4.78 is 5.22. The van der Waals surface area contributed by atoms with Crippen LogP contribution < -0.4 is 4.74 Å². The van der Waals surface area contributed by atoms with Crippen molar-refractivity contribution in [3.05, 3.63) is 100 Å². The first-order valence-corrected chi connectivity index (χ1v) is 9.94. The number of likely N-dealkylation sites (tertiary alicyclic amines) is 1. The van der Waals surface area contributed by atoms with Crippen LogP contribution in [0.2, 0.25) is 5.02 Å². The molecular formula is C24H19ClN2O4. The van der Waals surface area contributed by atoms with Crippen molar-refractivity contribution in [1.82, 2.24) is 9.88 Å². The zero-order chi connectivity index (χ0) is 22.0. The van der Waals surface area contributed by atoms with Crippen LogP contribution in [-0.2, 0) is 16.1 Å². The predicted molar refractivity (Wildman–Crippen MR) is 117 cm³/mol. The molecule has 1 amide bonds. The van der Waals surface area contributed by atoms with E-state index in [9.17, 15) is 14.7 Å². The number of pyridine rings is 1. The number of Topliss-reactive ketones (excluding diaryl/α,β-unsaturated/α-hetero) is 1. The van der Waals surface area contributed by atoms with Gasteiger partial charge in [0, 0.05) is 29.5 Å². The van der Waals surface area contributed by atoms with Crippen molar-refractivity contribution in [1.29, 1.82) is 0 Å². The Balaban J connectivity index is 1.86. The molecule has 1 aliphatic heterocycles. The van der Waals surface area contributed by atoms with E-state index in [1.54, 1.807) is 73.1 Å². The molecule has 1 fully saturated rings. The van der Waals surface area contributed by atoms with E-state index >= 15 is 0 Å². The summed E-state index contributed by atoms with van der Waals surface area (Å²) in [6.45, 7) is 0.190. The van der Waals surface area contributed by atoms with E-state index in [1.807, 2.05) is 0 Å². The lowest BCUT2D eigenvalue weighted by Gasteiger charge is -2.25. The Bertz CT molecular complexity index is 1160. The molecule has 4 rings (SSSR count). The number of ketones is 1. The van der Waals surface area contributed by atoms with Crippen molar-refractivity contribution in [2.24, 2.45) is 0 Å². The number of amides is 1. The molecule has 0 spiro atoms. The number of benzene rings is 2. The molecule has 1 aliphatic rings. The molecule has 6 nitrogen and oxygen atoms in total. The van der Waals surface area contributed by atoms with Crippen molar-refractivity contribution in [2.45, 2.75) is 12.6 Å². The number of rotatable bonds is 5. The second-order valence-corrected chi connectivity index (χ2v) is 7.50. The Labute approximate surface area is 184 Å². The van der Waals surface area contributed by atoms with Gasteiger partial charge in [-0.3, -0.25) is 14.6 Å². The molecule has 0 radical (unpaired) electrons. The van der Waals surface area contributed by atoms with Gasteiger partial charge in [0.05, 0.1) is 18.7 Å². The van der Waals surface area contributed by atoms with Crippen LogP contribution in [0.5, 0.6) is 5.75 Å². The maximum Gasteiger partial charge on any atom is 0.295 e. The van der Waals surface area contributed by atoms with Crippen LogP contribution in [0.4, 0.5) is 0 Å². The third-order valence-corrected chi connectivity index (χ3v) is 5.42. The van der Waals surface area contributed by atoms with E-state index in [1.165, 1.54) is 12.0 Å². The number of aromatic nitrogens is 1. The first kappa shape index (κ1) is 20.6.